The van der Waals surface area contributed by atoms with Crippen LogP contribution in [0.25, 0.3) is 0 Å². The summed E-state index contributed by atoms with van der Waals surface area (Å²) in [4.78, 5) is 18.9. The minimum absolute atomic E-state index is 0.195. The molecular formula is C20H24N2O. The number of aromatic nitrogens is 1. The largest absolute Gasteiger partial charge is 0.361 e. The third kappa shape index (κ3) is 2.53. The van der Waals surface area contributed by atoms with Gasteiger partial charge in [-0.2, -0.15) is 0 Å². The van der Waals surface area contributed by atoms with Crippen molar-refractivity contribution in [1.82, 2.24) is 9.88 Å². The molecule has 1 N–H and O–H groups in total. The smallest absolute Gasteiger partial charge is 0.169 e. The Labute approximate surface area is 137 Å². The molecule has 4 rings (SSSR count). The van der Waals surface area contributed by atoms with Crippen molar-refractivity contribution < 1.29 is 4.79 Å². The molecule has 3 nitrogen and oxygen atoms in total. The summed E-state index contributed by atoms with van der Waals surface area (Å²) in [6, 6.07) is 10.5. The van der Waals surface area contributed by atoms with E-state index >= 15 is 0 Å². The molecule has 1 aliphatic heterocycles. The Morgan fingerprint density at radius 1 is 1.26 bits per heavy atom. The lowest BCUT2D eigenvalue weighted by molar-refractivity contribution is 0.0705. The average molecular weight is 308 g/mol. The van der Waals surface area contributed by atoms with Gasteiger partial charge in [0.1, 0.15) is 0 Å². The van der Waals surface area contributed by atoms with Gasteiger partial charge in [0, 0.05) is 35.8 Å². The lowest BCUT2D eigenvalue weighted by Crippen LogP contribution is -2.45. The second-order valence-electron chi connectivity index (χ2n) is 7.23. The van der Waals surface area contributed by atoms with E-state index in [0.717, 1.165) is 37.9 Å². The summed E-state index contributed by atoms with van der Waals surface area (Å²) in [6.07, 6.45) is 3.05. The van der Waals surface area contributed by atoms with Crippen molar-refractivity contribution in [2.45, 2.75) is 26.2 Å². The van der Waals surface area contributed by atoms with E-state index in [1.54, 1.807) is 0 Å². The molecule has 0 unspecified atom stereocenters. The van der Waals surface area contributed by atoms with Crippen LogP contribution in [0.2, 0.25) is 0 Å². The van der Waals surface area contributed by atoms with E-state index in [0.29, 0.717) is 11.7 Å². The van der Waals surface area contributed by atoms with Crippen LogP contribution >= 0.6 is 0 Å². The zero-order valence-corrected chi connectivity index (χ0v) is 13.9. The Bertz CT molecular complexity index is 732. The van der Waals surface area contributed by atoms with Gasteiger partial charge in [0.15, 0.2) is 5.78 Å². The number of carbonyl (C=O) groups excluding carboxylic acids is 1. The topological polar surface area (TPSA) is 36.1 Å². The summed E-state index contributed by atoms with van der Waals surface area (Å²) in [5.41, 5.74) is 5.84. The second-order valence-corrected chi connectivity index (χ2v) is 7.23. The highest BCUT2D eigenvalue weighted by molar-refractivity contribution is 6.02. The first kappa shape index (κ1) is 14.7. The number of hydrogen-bond donors (Lipinski definition) is 1. The molecule has 1 saturated heterocycles. The summed E-state index contributed by atoms with van der Waals surface area (Å²) < 4.78 is 0. The molecule has 2 atom stereocenters. The Morgan fingerprint density at radius 2 is 2.04 bits per heavy atom. The van der Waals surface area contributed by atoms with Crippen LogP contribution in [-0.2, 0) is 12.8 Å². The number of nitrogens with one attached hydrogen (secondary N) is 1. The molecule has 2 heterocycles. The molecule has 2 aromatic rings. The number of carbonyl (C=O) groups is 1. The number of nitrogens with zero attached hydrogens (tertiary/aromatic N) is 1. The number of H-pyrrole nitrogens is 1. The summed E-state index contributed by atoms with van der Waals surface area (Å²) in [5, 5.41) is 0. The molecule has 0 spiro atoms. The lowest BCUT2D eigenvalue weighted by atomic mass is 9.73. The molecule has 0 radical (unpaired) electrons. The molecule has 0 amide bonds. The summed E-state index contributed by atoms with van der Waals surface area (Å²) in [7, 11) is 2.13. The minimum atomic E-state index is 0.195. The highest BCUT2D eigenvalue weighted by Crippen LogP contribution is 2.37. The molecular weight excluding hydrogens is 284 g/mol. The van der Waals surface area contributed by atoms with E-state index in [1.807, 2.05) is 6.07 Å². The van der Waals surface area contributed by atoms with E-state index in [2.05, 4.69) is 48.1 Å². The van der Waals surface area contributed by atoms with Crippen molar-refractivity contribution in [2.75, 3.05) is 20.1 Å². The van der Waals surface area contributed by atoms with Gasteiger partial charge < -0.3 is 9.88 Å². The fourth-order valence-electron chi connectivity index (χ4n) is 4.33. The molecule has 1 fully saturated rings. The predicted octanol–water partition coefficient (Wildman–Crippen LogP) is 3.22. The average Bonchev–Trinajstić information content (AvgIpc) is 2.85. The number of aromatic amines is 1. The number of benzene rings is 1. The Morgan fingerprint density at radius 3 is 2.83 bits per heavy atom. The minimum Gasteiger partial charge on any atom is -0.361 e. The van der Waals surface area contributed by atoms with Crippen molar-refractivity contribution >= 4 is 5.78 Å². The number of piperidine rings is 1. The summed E-state index contributed by atoms with van der Waals surface area (Å²) in [5.74, 6) is 1.09. The van der Waals surface area contributed by atoms with Crippen molar-refractivity contribution in [3.8, 4) is 0 Å². The van der Waals surface area contributed by atoms with Gasteiger partial charge in [-0.15, -0.1) is 0 Å². The van der Waals surface area contributed by atoms with Gasteiger partial charge in [-0.1, -0.05) is 30.3 Å². The number of rotatable bonds is 2. The van der Waals surface area contributed by atoms with Crippen LogP contribution in [0.4, 0.5) is 0 Å². The number of likely N-dealkylation sites (tertiary alicyclic amines) is 1. The van der Waals surface area contributed by atoms with E-state index in [9.17, 15) is 4.79 Å². The predicted molar refractivity (Wildman–Crippen MR) is 91.9 cm³/mol. The number of ketones is 1. The molecule has 120 valence electrons. The van der Waals surface area contributed by atoms with Gasteiger partial charge in [-0.05, 0) is 50.4 Å². The van der Waals surface area contributed by atoms with Crippen molar-refractivity contribution in [3.05, 3.63) is 58.4 Å². The fraction of sp³-hybridized carbons (Fsp3) is 0.450. The Hall–Kier alpha value is -1.87. The number of hydrogen-bond acceptors (Lipinski definition) is 2. The Balaban J connectivity index is 1.67. The SMILES string of the molecule is Cc1c(Cc2ccccc2)[nH]c2c1C(=O)[C@@H]1CN(C)CC[C@H]1C2. The van der Waals surface area contributed by atoms with E-state index in [1.165, 1.54) is 22.5 Å². The van der Waals surface area contributed by atoms with Crippen molar-refractivity contribution in [3.63, 3.8) is 0 Å². The van der Waals surface area contributed by atoms with Crippen LogP contribution in [0.15, 0.2) is 30.3 Å². The standard InChI is InChI=1S/C20H24N2O/c1-13-17(10-14-6-4-3-5-7-14)21-18-11-15-8-9-22(2)12-16(15)20(23)19(13)18/h3-7,15-16,21H,8-12H2,1-2H3/t15-,16+/m0/s1. The van der Waals surface area contributed by atoms with Crippen LogP contribution in [0.5, 0.6) is 0 Å². The van der Waals surface area contributed by atoms with Crippen LogP contribution in [-0.4, -0.2) is 35.8 Å². The van der Waals surface area contributed by atoms with Gasteiger partial charge in [-0.3, -0.25) is 4.79 Å². The molecule has 1 aromatic carbocycles. The molecule has 2 aliphatic rings. The highest BCUT2D eigenvalue weighted by atomic mass is 16.1. The lowest BCUT2D eigenvalue weighted by Gasteiger charge is -2.38. The van der Waals surface area contributed by atoms with Gasteiger partial charge in [-0.25, -0.2) is 0 Å². The van der Waals surface area contributed by atoms with E-state index in [4.69, 9.17) is 0 Å². The molecule has 1 aromatic heterocycles. The van der Waals surface area contributed by atoms with E-state index in [-0.39, 0.29) is 5.92 Å². The molecule has 1 aliphatic carbocycles. The van der Waals surface area contributed by atoms with Crippen LogP contribution < -0.4 is 0 Å². The van der Waals surface area contributed by atoms with Gasteiger partial charge in [0.25, 0.3) is 0 Å². The Kier molecular flexibility index (Phi) is 3.61. The third-order valence-corrected chi connectivity index (χ3v) is 5.66. The quantitative estimate of drug-likeness (QED) is 0.924. The highest BCUT2D eigenvalue weighted by Gasteiger charge is 2.40. The van der Waals surface area contributed by atoms with Crippen LogP contribution in [0.3, 0.4) is 0 Å². The first-order valence-corrected chi connectivity index (χ1v) is 8.60. The van der Waals surface area contributed by atoms with Crippen molar-refractivity contribution in [2.24, 2.45) is 11.8 Å². The normalized spacial score (nSPS) is 24.3. The molecule has 0 bridgehead atoms. The first-order chi connectivity index (χ1) is 11.1. The zero-order chi connectivity index (χ0) is 16.0. The van der Waals surface area contributed by atoms with Gasteiger partial charge in [0.2, 0.25) is 0 Å². The zero-order valence-electron chi connectivity index (χ0n) is 13.9. The molecule has 0 saturated carbocycles. The van der Waals surface area contributed by atoms with Crippen LogP contribution in [0.1, 0.15) is 39.3 Å². The van der Waals surface area contributed by atoms with Crippen LogP contribution in [0, 0.1) is 18.8 Å². The number of fused-ring (bicyclic) bond motifs is 2. The van der Waals surface area contributed by atoms with Gasteiger partial charge >= 0.3 is 0 Å². The van der Waals surface area contributed by atoms with Crippen molar-refractivity contribution in [1.29, 1.82) is 0 Å². The maximum absolute atomic E-state index is 13.0. The summed E-state index contributed by atoms with van der Waals surface area (Å²) >= 11 is 0. The first-order valence-electron chi connectivity index (χ1n) is 8.60. The number of Topliss-reactive ketones (excluding diaryl/α,β-unsaturated/α-hetero) is 1. The van der Waals surface area contributed by atoms with Gasteiger partial charge in [0.05, 0.1) is 0 Å². The summed E-state index contributed by atoms with van der Waals surface area (Å²) in [6.45, 7) is 4.14. The monoisotopic (exact) mass is 308 g/mol. The fourth-order valence-corrected chi connectivity index (χ4v) is 4.33. The maximum Gasteiger partial charge on any atom is 0.169 e. The third-order valence-electron chi connectivity index (χ3n) is 5.66. The van der Waals surface area contributed by atoms with E-state index < -0.39 is 0 Å². The molecule has 23 heavy (non-hydrogen) atoms. The maximum atomic E-state index is 13.0. The second kappa shape index (κ2) is 5.64. The molecule has 3 heteroatoms.